The lowest BCUT2D eigenvalue weighted by Crippen LogP contribution is -2.13. The van der Waals surface area contributed by atoms with E-state index in [9.17, 15) is 4.79 Å². The van der Waals surface area contributed by atoms with E-state index < -0.39 is 0 Å². The lowest BCUT2D eigenvalue weighted by atomic mass is 10.1. The van der Waals surface area contributed by atoms with Crippen LogP contribution in [0.3, 0.4) is 0 Å². The minimum absolute atomic E-state index is 0.311. The van der Waals surface area contributed by atoms with Crippen LogP contribution in [0.2, 0.25) is 0 Å². The quantitative estimate of drug-likeness (QED) is 0.498. The molecule has 1 N–H and O–H groups in total. The third-order valence-corrected chi connectivity index (χ3v) is 5.54. The number of imidazole rings is 1. The van der Waals surface area contributed by atoms with Crippen LogP contribution in [0.25, 0.3) is 22.0 Å². The van der Waals surface area contributed by atoms with Gasteiger partial charge < -0.3 is 14.0 Å². The van der Waals surface area contributed by atoms with E-state index in [0.717, 1.165) is 22.0 Å². The monoisotopic (exact) mass is 420 g/mol. The summed E-state index contributed by atoms with van der Waals surface area (Å²) in [4.78, 5) is 23.0. The molecule has 7 nitrogen and oxygen atoms in total. The number of aromatic nitrogens is 3. The number of aryl methyl sites for hydroxylation is 1. The van der Waals surface area contributed by atoms with Gasteiger partial charge in [0.2, 0.25) is 0 Å². The van der Waals surface area contributed by atoms with Crippen LogP contribution in [0, 0.1) is 0 Å². The second-order valence-electron chi connectivity index (χ2n) is 6.44. The molecule has 0 fully saturated rings. The molecule has 2 heterocycles. The van der Waals surface area contributed by atoms with Gasteiger partial charge in [0.25, 0.3) is 5.91 Å². The van der Waals surface area contributed by atoms with Crippen molar-refractivity contribution in [2.75, 3.05) is 19.5 Å². The Labute approximate surface area is 177 Å². The van der Waals surface area contributed by atoms with E-state index in [1.807, 2.05) is 48.1 Å². The topological polar surface area (TPSA) is 78.3 Å². The molecule has 30 heavy (non-hydrogen) atoms. The summed E-state index contributed by atoms with van der Waals surface area (Å²) in [6.07, 6.45) is 3.62. The molecule has 0 unspecified atom stereocenters. The fraction of sp³-hybridized carbons (Fsp3) is 0.136. The second-order valence-corrected chi connectivity index (χ2v) is 7.44. The second kappa shape index (κ2) is 8.38. The number of hydrogen-bond acceptors (Lipinski definition) is 6. The van der Waals surface area contributed by atoms with Crippen LogP contribution in [0.4, 0.5) is 5.13 Å². The van der Waals surface area contributed by atoms with Crippen LogP contribution < -0.4 is 14.8 Å². The molecule has 2 aromatic heterocycles. The van der Waals surface area contributed by atoms with E-state index in [0.29, 0.717) is 22.2 Å². The van der Waals surface area contributed by atoms with Crippen molar-refractivity contribution in [3.05, 3.63) is 66.5 Å². The van der Waals surface area contributed by atoms with Crippen molar-refractivity contribution < 1.29 is 14.3 Å². The zero-order valence-corrected chi connectivity index (χ0v) is 17.6. The molecule has 152 valence electrons. The number of carbonyl (C=O) groups is 1. The highest BCUT2D eigenvalue weighted by Gasteiger charge is 2.21. The van der Waals surface area contributed by atoms with Crippen LogP contribution in [0.1, 0.15) is 10.4 Å². The number of ether oxygens (including phenoxy) is 2. The van der Waals surface area contributed by atoms with Gasteiger partial charge in [-0.3, -0.25) is 10.1 Å². The largest absolute Gasteiger partial charge is 0.497 e. The molecule has 2 aromatic carbocycles. The van der Waals surface area contributed by atoms with Crippen molar-refractivity contribution >= 4 is 22.4 Å². The number of methoxy groups -OCH3 is 2. The normalized spacial score (nSPS) is 10.6. The maximum absolute atomic E-state index is 12.9. The molecule has 0 spiro atoms. The van der Waals surface area contributed by atoms with Gasteiger partial charge in [0.05, 0.1) is 30.4 Å². The number of thiazole rings is 1. The van der Waals surface area contributed by atoms with Gasteiger partial charge in [-0.25, -0.2) is 9.97 Å². The van der Waals surface area contributed by atoms with Crippen LogP contribution in [0.5, 0.6) is 11.5 Å². The molecule has 0 aliphatic rings. The number of nitrogens with one attached hydrogen (secondary N) is 1. The Hall–Kier alpha value is -3.65. The summed E-state index contributed by atoms with van der Waals surface area (Å²) in [6.45, 7) is 0. The first-order valence-electron chi connectivity index (χ1n) is 9.18. The molecular weight excluding hydrogens is 400 g/mol. The van der Waals surface area contributed by atoms with Crippen molar-refractivity contribution in [2.24, 2.45) is 7.05 Å². The number of carbonyl (C=O) groups excluding carboxylic acids is 1. The van der Waals surface area contributed by atoms with Gasteiger partial charge in [-0.1, -0.05) is 41.7 Å². The molecule has 0 aliphatic carbocycles. The minimum Gasteiger partial charge on any atom is -0.497 e. The summed E-state index contributed by atoms with van der Waals surface area (Å²) in [5.41, 5.74) is 2.12. The van der Waals surface area contributed by atoms with Crippen LogP contribution in [-0.2, 0) is 7.05 Å². The van der Waals surface area contributed by atoms with E-state index in [2.05, 4.69) is 10.3 Å². The van der Waals surface area contributed by atoms with E-state index in [1.54, 1.807) is 31.5 Å². The first kappa shape index (κ1) is 19.7. The Morgan fingerprint density at radius 1 is 1.10 bits per heavy atom. The molecule has 0 saturated carbocycles. The average molecular weight is 420 g/mol. The maximum Gasteiger partial charge on any atom is 0.261 e. The summed E-state index contributed by atoms with van der Waals surface area (Å²) in [5, 5.41) is 3.37. The molecule has 4 aromatic rings. The molecule has 0 saturated heterocycles. The Bertz CT molecular complexity index is 1180. The summed E-state index contributed by atoms with van der Waals surface area (Å²) in [6, 6.07) is 14.9. The molecular formula is C22H20N4O3S. The number of hydrogen-bond donors (Lipinski definition) is 1. The van der Waals surface area contributed by atoms with Gasteiger partial charge in [-0.2, -0.15) is 0 Å². The lowest BCUT2D eigenvalue weighted by Gasteiger charge is -2.09. The highest BCUT2D eigenvalue weighted by atomic mass is 32.1. The molecule has 4 rings (SSSR count). The third-order valence-electron chi connectivity index (χ3n) is 4.57. The highest BCUT2D eigenvalue weighted by Crippen LogP contribution is 2.38. The van der Waals surface area contributed by atoms with E-state index in [4.69, 9.17) is 14.5 Å². The molecule has 0 aliphatic heterocycles. The number of amides is 1. The van der Waals surface area contributed by atoms with Crippen molar-refractivity contribution in [3.63, 3.8) is 0 Å². The lowest BCUT2D eigenvalue weighted by molar-refractivity contribution is 0.102. The van der Waals surface area contributed by atoms with E-state index >= 15 is 0 Å². The van der Waals surface area contributed by atoms with Gasteiger partial charge in [0.1, 0.15) is 11.5 Å². The molecule has 1 amide bonds. The first-order valence-corrected chi connectivity index (χ1v) is 9.99. The number of anilines is 1. The zero-order valence-electron chi connectivity index (χ0n) is 16.7. The van der Waals surface area contributed by atoms with Crippen LogP contribution in [-0.4, -0.2) is 34.7 Å². The summed E-state index contributed by atoms with van der Waals surface area (Å²) >= 11 is 1.38. The minimum atomic E-state index is -0.311. The van der Waals surface area contributed by atoms with Crippen molar-refractivity contribution in [2.45, 2.75) is 0 Å². The van der Waals surface area contributed by atoms with Crippen molar-refractivity contribution in [1.82, 2.24) is 14.5 Å². The van der Waals surface area contributed by atoms with Gasteiger partial charge in [-0.15, -0.1) is 0 Å². The number of nitrogens with zero attached hydrogens (tertiary/aromatic N) is 3. The Morgan fingerprint density at radius 2 is 1.90 bits per heavy atom. The standard InChI is InChI=1S/C22H20N4O3S/c1-26-12-11-23-20(26)19-18(14-7-5-4-6-8-14)24-22(30-19)25-21(27)16-10-9-15(28-2)13-17(16)29-3/h4-13H,1-3H3,(H,24,25,27). The SMILES string of the molecule is COc1ccc(C(=O)Nc2nc(-c3ccccc3)c(-c3nccn3C)s2)c(OC)c1. The predicted octanol–water partition coefficient (Wildman–Crippen LogP) is 4.48. The van der Waals surface area contributed by atoms with E-state index in [1.165, 1.54) is 18.4 Å². The predicted molar refractivity (Wildman–Crippen MR) is 117 cm³/mol. The molecule has 0 bridgehead atoms. The summed E-state index contributed by atoms with van der Waals surface area (Å²) in [7, 11) is 5.01. The smallest absolute Gasteiger partial charge is 0.261 e. The number of rotatable bonds is 6. The number of benzene rings is 2. The van der Waals surface area contributed by atoms with Gasteiger partial charge in [0.15, 0.2) is 11.0 Å². The molecule has 0 radical (unpaired) electrons. The van der Waals surface area contributed by atoms with Gasteiger partial charge in [-0.05, 0) is 12.1 Å². The van der Waals surface area contributed by atoms with Crippen LogP contribution >= 0.6 is 11.3 Å². The van der Waals surface area contributed by atoms with Crippen LogP contribution in [0.15, 0.2) is 60.9 Å². The summed E-state index contributed by atoms with van der Waals surface area (Å²) in [5.74, 6) is 1.51. The molecule has 8 heteroatoms. The zero-order chi connectivity index (χ0) is 21.1. The maximum atomic E-state index is 12.9. The van der Waals surface area contributed by atoms with Crippen molar-refractivity contribution in [3.8, 4) is 33.5 Å². The Balaban J connectivity index is 1.71. The Morgan fingerprint density at radius 3 is 2.57 bits per heavy atom. The fourth-order valence-corrected chi connectivity index (χ4v) is 4.07. The average Bonchev–Trinajstić information content (AvgIpc) is 3.39. The van der Waals surface area contributed by atoms with Crippen molar-refractivity contribution in [1.29, 1.82) is 0 Å². The highest BCUT2D eigenvalue weighted by molar-refractivity contribution is 7.19. The fourth-order valence-electron chi connectivity index (χ4n) is 3.05. The van der Waals surface area contributed by atoms with Gasteiger partial charge in [0, 0.05) is 31.1 Å². The summed E-state index contributed by atoms with van der Waals surface area (Å²) < 4.78 is 12.5. The van der Waals surface area contributed by atoms with E-state index in [-0.39, 0.29) is 5.91 Å². The Kier molecular flexibility index (Phi) is 5.49. The third kappa shape index (κ3) is 3.77. The first-order chi connectivity index (χ1) is 14.6. The molecule has 0 atom stereocenters. The van der Waals surface area contributed by atoms with Gasteiger partial charge >= 0.3 is 0 Å².